The molecule has 7 nitrogen and oxygen atoms in total. The Morgan fingerprint density at radius 2 is 1.84 bits per heavy atom. The lowest BCUT2D eigenvalue weighted by Crippen LogP contribution is -2.53. The van der Waals surface area contributed by atoms with Crippen LogP contribution in [0.4, 0.5) is 4.79 Å². The van der Waals surface area contributed by atoms with Gasteiger partial charge in [-0.3, -0.25) is 9.48 Å². The fourth-order valence-corrected chi connectivity index (χ4v) is 4.12. The van der Waals surface area contributed by atoms with Crippen molar-refractivity contribution in [3.63, 3.8) is 0 Å². The molecule has 0 spiro atoms. The molecule has 2 aliphatic carbocycles. The van der Waals surface area contributed by atoms with Gasteiger partial charge in [0, 0.05) is 25.0 Å². The van der Waals surface area contributed by atoms with Gasteiger partial charge >= 0.3 is 6.03 Å². The highest BCUT2D eigenvalue weighted by Crippen LogP contribution is 2.29. The Balaban J connectivity index is 1.40. The van der Waals surface area contributed by atoms with Crippen LogP contribution in [0.25, 0.3) is 0 Å². The molecular formula is C18H27N5O2. The van der Waals surface area contributed by atoms with Gasteiger partial charge in [0.05, 0.1) is 12.1 Å². The number of rotatable bonds is 4. The van der Waals surface area contributed by atoms with Gasteiger partial charge in [-0.05, 0) is 44.6 Å². The van der Waals surface area contributed by atoms with Gasteiger partial charge < -0.3 is 15.5 Å². The fraction of sp³-hybridized carbons (Fsp3) is 0.722. The molecule has 136 valence electrons. The Bertz CT molecular complexity index is 613. The number of likely N-dealkylation sites (tertiary alicyclic amines) is 1. The molecule has 3 atom stereocenters. The van der Waals surface area contributed by atoms with Crippen LogP contribution < -0.4 is 10.6 Å². The van der Waals surface area contributed by atoms with Crippen molar-refractivity contribution >= 4 is 11.9 Å². The fourth-order valence-electron chi connectivity index (χ4n) is 4.12. The molecule has 2 heterocycles. The molecule has 4 rings (SSSR count). The first kappa shape index (κ1) is 16.4. The van der Waals surface area contributed by atoms with E-state index in [0.29, 0.717) is 12.6 Å². The van der Waals surface area contributed by atoms with Crippen LogP contribution in [0.5, 0.6) is 0 Å². The number of carbonyl (C=O) groups is 2. The van der Waals surface area contributed by atoms with Gasteiger partial charge in [-0.25, -0.2) is 4.79 Å². The molecule has 3 amide bonds. The van der Waals surface area contributed by atoms with E-state index in [1.165, 1.54) is 0 Å². The lowest BCUT2D eigenvalue weighted by Gasteiger charge is -2.34. The first-order valence-corrected chi connectivity index (χ1v) is 9.59. The Morgan fingerprint density at radius 1 is 1.00 bits per heavy atom. The molecule has 1 aromatic heterocycles. The summed E-state index contributed by atoms with van der Waals surface area (Å²) in [5.74, 6) is 0.0161. The van der Waals surface area contributed by atoms with E-state index in [0.717, 1.165) is 51.4 Å². The molecule has 0 bridgehead atoms. The number of amides is 3. The molecule has 25 heavy (non-hydrogen) atoms. The third kappa shape index (κ3) is 3.65. The summed E-state index contributed by atoms with van der Waals surface area (Å²) < 4.78 is 1.96. The van der Waals surface area contributed by atoms with Gasteiger partial charge in [0.15, 0.2) is 0 Å². The number of nitrogens with zero attached hydrogens (tertiary/aromatic N) is 3. The smallest absolute Gasteiger partial charge is 0.318 e. The topological polar surface area (TPSA) is 79.3 Å². The van der Waals surface area contributed by atoms with E-state index in [1.54, 1.807) is 11.1 Å². The molecule has 7 heteroatoms. The van der Waals surface area contributed by atoms with Crippen LogP contribution in [-0.4, -0.2) is 51.3 Å². The van der Waals surface area contributed by atoms with Crippen LogP contribution in [0.3, 0.4) is 0 Å². The average molecular weight is 345 g/mol. The molecular weight excluding hydrogens is 318 g/mol. The summed E-state index contributed by atoms with van der Waals surface area (Å²) in [5.41, 5.74) is 0. The van der Waals surface area contributed by atoms with Crippen molar-refractivity contribution in [2.45, 2.75) is 75.5 Å². The first-order valence-electron chi connectivity index (χ1n) is 9.59. The van der Waals surface area contributed by atoms with E-state index in [-0.39, 0.29) is 30.1 Å². The highest BCUT2D eigenvalue weighted by atomic mass is 16.2. The summed E-state index contributed by atoms with van der Waals surface area (Å²) in [6.45, 7) is 0.660. The van der Waals surface area contributed by atoms with Crippen LogP contribution in [0.1, 0.15) is 57.4 Å². The lowest BCUT2D eigenvalue weighted by molar-refractivity contribution is -0.124. The molecule has 0 radical (unpaired) electrons. The largest absolute Gasteiger partial charge is 0.352 e. The zero-order valence-electron chi connectivity index (χ0n) is 14.6. The number of urea groups is 1. The van der Waals surface area contributed by atoms with E-state index in [2.05, 4.69) is 15.7 Å². The summed E-state index contributed by atoms with van der Waals surface area (Å²) in [6.07, 6.45) is 11.8. The van der Waals surface area contributed by atoms with E-state index in [9.17, 15) is 9.59 Å². The molecule has 2 saturated carbocycles. The minimum absolute atomic E-state index is 0.0161. The van der Waals surface area contributed by atoms with Crippen molar-refractivity contribution < 1.29 is 9.59 Å². The summed E-state index contributed by atoms with van der Waals surface area (Å²) in [6, 6.07) is 2.12. The maximum Gasteiger partial charge on any atom is 0.318 e. The van der Waals surface area contributed by atoms with Crippen LogP contribution in [0.15, 0.2) is 18.5 Å². The summed E-state index contributed by atoms with van der Waals surface area (Å²) >= 11 is 0. The number of hydrogen-bond donors (Lipinski definition) is 2. The van der Waals surface area contributed by atoms with Crippen molar-refractivity contribution in [3.05, 3.63) is 18.5 Å². The zero-order valence-corrected chi connectivity index (χ0v) is 14.6. The van der Waals surface area contributed by atoms with E-state index >= 15 is 0 Å². The van der Waals surface area contributed by atoms with Gasteiger partial charge in [-0.2, -0.15) is 5.10 Å². The van der Waals surface area contributed by atoms with E-state index in [4.69, 9.17) is 0 Å². The van der Waals surface area contributed by atoms with Gasteiger partial charge in [0.25, 0.3) is 0 Å². The molecule has 0 aromatic carbocycles. The van der Waals surface area contributed by atoms with Gasteiger partial charge in [-0.1, -0.05) is 12.8 Å². The third-order valence-electron chi connectivity index (χ3n) is 5.64. The number of hydrogen-bond acceptors (Lipinski definition) is 3. The normalized spacial score (nSPS) is 29.4. The molecule has 1 saturated heterocycles. The minimum Gasteiger partial charge on any atom is -0.352 e. The van der Waals surface area contributed by atoms with E-state index < -0.39 is 0 Å². The third-order valence-corrected chi connectivity index (χ3v) is 5.64. The van der Waals surface area contributed by atoms with Gasteiger partial charge in [0.2, 0.25) is 5.91 Å². The predicted molar refractivity (Wildman–Crippen MR) is 92.9 cm³/mol. The number of carbonyl (C=O) groups excluding carboxylic acids is 2. The molecule has 1 aromatic rings. The van der Waals surface area contributed by atoms with Crippen LogP contribution >= 0.6 is 0 Å². The maximum absolute atomic E-state index is 12.9. The second kappa shape index (κ2) is 7.06. The molecule has 3 fully saturated rings. The molecule has 0 unspecified atom stereocenters. The van der Waals surface area contributed by atoms with Crippen molar-refractivity contribution in [3.8, 4) is 0 Å². The molecule has 1 aliphatic heterocycles. The van der Waals surface area contributed by atoms with Crippen molar-refractivity contribution in [2.75, 3.05) is 6.54 Å². The monoisotopic (exact) mass is 345 g/mol. The van der Waals surface area contributed by atoms with Crippen LogP contribution in [-0.2, 0) is 4.79 Å². The summed E-state index contributed by atoms with van der Waals surface area (Å²) in [5, 5.41) is 10.6. The zero-order chi connectivity index (χ0) is 17.2. The van der Waals surface area contributed by atoms with Crippen LogP contribution in [0, 0.1) is 0 Å². The Labute approximate surface area is 148 Å². The second-order valence-corrected chi connectivity index (χ2v) is 7.53. The Morgan fingerprint density at radius 3 is 2.60 bits per heavy atom. The summed E-state index contributed by atoms with van der Waals surface area (Å²) in [4.78, 5) is 27.0. The molecule has 3 aliphatic rings. The van der Waals surface area contributed by atoms with E-state index in [1.807, 2.05) is 16.9 Å². The van der Waals surface area contributed by atoms with Crippen molar-refractivity contribution in [1.29, 1.82) is 0 Å². The van der Waals surface area contributed by atoms with Gasteiger partial charge in [-0.15, -0.1) is 0 Å². The predicted octanol–water partition coefficient (Wildman–Crippen LogP) is 1.82. The quantitative estimate of drug-likeness (QED) is 0.874. The number of aromatic nitrogens is 2. The molecule has 2 N–H and O–H groups in total. The summed E-state index contributed by atoms with van der Waals surface area (Å²) in [7, 11) is 0. The van der Waals surface area contributed by atoms with Crippen molar-refractivity contribution in [1.82, 2.24) is 25.3 Å². The highest BCUT2D eigenvalue weighted by molar-refractivity contribution is 5.88. The standard InChI is InChI=1S/C18H27N5O2/c24-17(20-13-8-9-13)16-7-3-11-22(16)18(25)21-14-5-1-2-6-15(14)23-12-4-10-19-23/h4,10,12-16H,1-3,5-9,11H2,(H,20,24)(H,21,25)/t14-,15-,16+/m1/s1. The van der Waals surface area contributed by atoms with Crippen molar-refractivity contribution in [2.24, 2.45) is 0 Å². The maximum atomic E-state index is 12.9. The first-order chi connectivity index (χ1) is 12.2. The van der Waals surface area contributed by atoms with Crippen LogP contribution in [0.2, 0.25) is 0 Å². The average Bonchev–Trinajstić information content (AvgIpc) is 3.10. The second-order valence-electron chi connectivity index (χ2n) is 7.53. The lowest BCUT2D eigenvalue weighted by atomic mass is 9.90. The number of nitrogens with one attached hydrogen (secondary N) is 2. The SMILES string of the molecule is O=C(NC1CC1)[C@@H]1CCCN1C(=O)N[C@@H]1CCCC[C@H]1n1cccn1. The Kier molecular flexibility index (Phi) is 4.63. The highest BCUT2D eigenvalue weighted by Gasteiger charge is 2.38. The Hall–Kier alpha value is -2.05. The minimum atomic E-state index is -0.313. The van der Waals surface area contributed by atoms with Gasteiger partial charge in [0.1, 0.15) is 6.04 Å².